The summed E-state index contributed by atoms with van der Waals surface area (Å²) < 4.78 is 1.95. The molecule has 0 aliphatic carbocycles. The minimum atomic E-state index is 0.432. The Morgan fingerprint density at radius 3 is 2.60 bits per heavy atom. The number of aliphatic imine (C=N–C) groups is 1. The Morgan fingerprint density at radius 2 is 2.00 bits per heavy atom. The van der Waals surface area contributed by atoms with E-state index in [0.717, 1.165) is 31.2 Å². The van der Waals surface area contributed by atoms with Crippen molar-refractivity contribution in [1.29, 1.82) is 0 Å². The van der Waals surface area contributed by atoms with Crippen molar-refractivity contribution in [3.8, 4) is 0 Å². The van der Waals surface area contributed by atoms with Crippen LogP contribution >= 0.6 is 0 Å². The van der Waals surface area contributed by atoms with Gasteiger partial charge in [0.25, 0.3) is 0 Å². The summed E-state index contributed by atoms with van der Waals surface area (Å²) in [5, 5.41) is 11.3. The molecule has 1 atom stereocenters. The minimum absolute atomic E-state index is 0.432. The van der Waals surface area contributed by atoms with E-state index >= 15 is 0 Å². The Hall–Kier alpha value is -2.30. The molecule has 0 spiro atoms. The normalized spacial score (nSPS) is 13.0. The predicted octanol–water partition coefficient (Wildman–Crippen LogP) is 2.86. The third-order valence-corrected chi connectivity index (χ3v) is 4.74. The molecule has 0 aliphatic heterocycles. The summed E-state index contributed by atoms with van der Waals surface area (Å²) in [6.07, 6.45) is 0.944. The SMILES string of the molecule is CN=C(NCCc1c(C)nn(C)c1C)NCC(C)c1cccc(C)c1. The van der Waals surface area contributed by atoms with Gasteiger partial charge < -0.3 is 10.6 Å². The van der Waals surface area contributed by atoms with E-state index in [1.807, 2.05) is 18.8 Å². The number of nitrogens with one attached hydrogen (secondary N) is 2. The van der Waals surface area contributed by atoms with Gasteiger partial charge in [0.15, 0.2) is 5.96 Å². The van der Waals surface area contributed by atoms with Crippen LogP contribution < -0.4 is 10.6 Å². The summed E-state index contributed by atoms with van der Waals surface area (Å²) in [6, 6.07) is 8.68. The van der Waals surface area contributed by atoms with Crippen molar-refractivity contribution in [3.63, 3.8) is 0 Å². The van der Waals surface area contributed by atoms with Gasteiger partial charge in [-0.15, -0.1) is 0 Å². The van der Waals surface area contributed by atoms with Gasteiger partial charge in [-0.05, 0) is 44.2 Å². The number of aromatic nitrogens is 2. The fraction of sp³-hybridized carbons (Fsp3) is 0.500. The number of hydrogen-bond donors (Lipinski definition) is 2. The molecule has 136 valence electrons. The van der Waals surface area contributed by atoms with Gasteiger partial charge in [0.2, 0.25) is 0 Å². The highest BCUT2D eigenvalue weighted by Gasteiger charge is 2.10. The summed E-state index contributed by atoms with van der Waals surface area (Å²) in [4.78, 5) is 4.33. The first-order valence-electron chi connectivity index (χ1n) is 8.92. The molecular weight excluding hydrogens is 310 g/mol. The van der Waals surface area contributed by atoms with Crippen LogP contribution in [0.4, 0.5) is 0 Å². The lowest BCUT2D eigenvalue weighted by atomic mass is 9.99. The van der Waals surface area contributed by atoms with E-state index in [4.69, 9.17) is 0 Å². The molecule has 0 saturated heterocycles. The predicted molar refractivity (Wildman–Crippen MR) is 105 cm³/mol. The molecule has 0 bridgehead atoms. The van der Waals surface area contributed by atoms with Crippen LogP contribution in [0.15, 0.2) is 29.3 Å². The fourth-order valence-corrected chi connectivity index (χ4v) is 3.05. The third-order valence-electron chi connectivity index (χ3n) is 4.74. The molecule has 2 N–H and O–H groups in total. The zero-order valence-corrected chi connectivity index (χ0v) is 16.3. The van der Waals surface area contributed by atoms with Gasteiger partial charge in [-0.1, -0.05) is 36.8 Å². The Bertz CT molecular complexity index is 730. The van der Waals surface area contributed by atoms with E-state index in [9.17, 15) is 0 Å². The lowest BCUT2D eigenvalue weighted by Crippen LogP contribution is -2.40. The number of aryl methyl sites for hydroxylation is 3. The average Bonchev–Trinajstić information content (AvgIpc) is 2.83. The summed E-state index contributed by atoms with van der Waals surface area (Å²) >= 11 is 0. The number of nitrogens with zero attached hydrogens (tertiary/aromatic N) is 3. The summed E-state index contributed by atoms with van der Waals surface area (Å²) in [5.41, 5.74) is 6.31. The topological polar surface area (TPSA) is 54.2 Å². The van der Waals surface area contributed by atoms with Crippen molar-refractivity contribution in [2.45, 2.75) is 40.0 Å². The van der Waals surface area contributed by atoms with Crippen LogP contribution in [0, 0.1) is 20.8 Å². The van der Waals surface area contributed by atoms with Crippen molar-refractivity contribution in [3.05, 3.63) is 52.3 Å². The maximum Gasteiger partial charge on any atom is 0.191 e. The van der Waals surface area contributed by atoms with E-state index in [-0.39, 0.29) is 0 Å². The number of benzene rings is 1. The van der Waals surface area contributed by atoms with E-state index in [2.05, 4.69) is 72.7 Å². The van der Waals surface area contributed by atoms with Gasteiger partial charge in [0.05, 0.1) is 5.69 Å². The van der Waals surface area contributed by atoms with Crippen molar-refractivity contribution in [1.82, 2.24) is 20.4 Å². The van der Waals surface area contributed by atoms with Crippen LogP contribution in [0.3, 0.4) is 0 Å². The molecule has 5 nitrogen and oxygen atoms in total. The van der Waals surface area contributed by atoms with Crippen molar-refractivity contribution >= 4 is 5.96 Å². The Labute approximate surface area is 151 Å². The molecule has 1 aromatic carbocycles. The highest BCUT2D eigenvalue weighted by atomic mass is 15.3. The van der Waals surface area contributed by atoms with Crippen LogP contribution in [0.5, 0.6) is 0 Å². The second-order valence-corrected chi connectivity index (χ2v) is 6.72. The molecule has 5 heteroatoms. The molecule has 1 aromatic heterocycles. The van der Waals surface area contributed by atoms with Crippen LogP contribution in [0.1, 0.15) is 40.9 Å². The van der Waals surface area contributed by atoms with E-state index in [0.29, 0.717) is 5.92 Å². The van der Waals surface area contributed by atoms with Crippen LogP contribution in [-0.4, -0.2) is 35.9 Å². The van der Waals surface area contributed by atoms with Crippen LogP contribution in [0.2, 0.25) is 0 Å². The zero-order chi connectivity index (χ0) is 18.4. The monoisotopic (exact) mass is 341 g/mol. The summed E-state index contributed by atoms with van der Waals surface area (Å²) in [6.45, 7) is 10.2. The lowest BCUT2D eigenvalue weighted by Gasteiger charge is -2.17. The van der Waals surface area contributed by atoms with Crippen LogP contribution in [0.25, 0.3) is 0 Å². The van der Waals surface area contributed by atoms with Crippen molar-refractivity contribution < 1.29 is 0 Å². The molecule has 2 aromatic rings. The van der Waals surface area contributed by atoms with Crippen molar-refractivity contribution in [2.75, 3.05) is 20.1 Å². The molecular formula is C20H31N5. The Balaban J connectivity index is 1.82. The standard InChI is InChI=1S/C20H31N5/c1-14-8-7-9-18(12-14)15(2)13-23-20(21-5)22-11-10-19-16(3)24-25(6)17(19)4/h7-9,12,15H,10-11,13H2,1-6H3,(H2,21,22,23). The Kier molecular flexibility index (Phi) is 6.62. The van der Waals surface area contributed by atoms with Gasteiger partial charge >= 0.3 is 0 Å². The molecule has 2 rings (SSSR count). The molecule has 0 radical (unpaired) electrons. The zero-order valence-electron chi connectivity index (χ0n) is 16.3. The number of rotatable bonds is 6. The first kappa shape index (κ1) is 19.0. The lowest BCUT2D eigenvalue weighted by molar-refractivity contribution is 0.696. The Morgan fingerprint density at radius 1 is 1.24 bits per heavy atom. The van der Waals surface area contributed by atoms with Gasteiger partial charge in [0, 0.05) is 32.9 Å². The first-order valence-corrected chi connectivity index (χ1v) is 8.92. The smallest absolute Gasteiger partial charge is 0.191 e. The minimum Gasteiger partial charge on any atom is -0.356 e. The van der Waals surface area contributed by atoms with Crippen molar-refractivity contribution in [2.24, 2.45) is 12.0 Å². The molecule has 1 heterocycles. The molecule has 1 unspecified atom stereocenters. The van der Waals surface area contributed by atoms with E-state index in [1.54, 1.807) is 0 Å². The average molecular weight is 342 g/mol. The van der Waals surface area contributed by atoms with Crippen LogP contribution in [-0.2, 0) is 13.5 Å². The molecule has 0 amide bonds. The summed E-state index contributed by atoms with van der Waals surface area (Å²) in [5.74, 6) is 1.28. The fourth-order valence-electron chi connectivity index (χ4n) is 3.05. The first-order chi connectivity index (χ1) is 11.9. The van der Waals surface area contributed by atoms with E-state index in [1.165, 1.54) is 22.4 Å². The molecule has 25 heavy (non-hydrogen) atoms. The highest BCUT2D eigenvalue weighted by Crippen LogP contribution is 2.15. The quantitative estimate of drug-likeness (QED) is 0.627. The third kappa shape index (κ3) is 5.08. The van der Waals surface area contributed by atoms with Gasteiger partial charge in [-0.3, -0.25) is 9.67 Å². The molecule has 0 saturated carbocycles. The second-order valence-electron chi connectivity index (χ2n) is 6.72. The number of hydrogen-bond acceptors (Lipinski definition) is 2. The maximum absolute atomic E-state index is 4.47. The van der Waals surface area contributed by atoms with E-state index < -0.39 is 0 Å². The van der Waals surface area contributed by atoms with Gasteiger partial charge in [0.1, 0.15) is 0 Å². The maximum atomic E-state index is 4.47. The summed E-state index contributed by atoms with van der Waals surface area (Å²) in [7, 11) is 3.81. The van der Waals surface area contributed by atoms with Gasteiger partial charge in [-0.2, -0.15) is 5.10 Å². The molecule has 0 fully saturated rings. The highest BCUT2D eigenvalue weighted by molar-refractivity contribution is 5.79. The van der Waals surface area contributed by atoms with Gasteiger partial charge in [-0.25, -0.2) is 0 Å². The second kappa shape index (κ2) is 8.70. The largest absolute Gasteiger partial charge is 0.356 e. The molecule has 0 aliphatic rings. The number of guanidine groups is 1.